The molecular weight excluding hydrogens is 328 g/mol. The summed E-state index contributed by atoms with van der Waals surface area (Å²) in [6, 6.07) is 6.27. The Hall–Kier alpha value is -2.63. The van der Waals surface area contributed by atoms with Crippen LogP contribution in [0, 0.1) is 5.92 Å². The van der Waals surface area contributed by atoms with Crippen LogP contribution in [-0.2, 0) is 35.9 Å². The molecule has 0 saturated carbocycles. The highest BCUT2D eigenvalue weighted by Gasteiger charge is 2.35. The number of aromatic nitrogens is 2. The SMILES string of the molecule is Cn1ccnc1CCNC(=O)C1CC(=O)N(c2ccc3c(c2)CCC3)C1. The Morgan fingerprint density at radius 2 is 2.15 bits per heavy atom. The molecule has 2 aliphatic rings. The number of carbonyl (C=O) groups excluding carboxylic acids is 2. The van der Waals surface area contributed by atoms with E-state index in [-0.39, 0.29) is 24.2 Å². The van der Waals surface area contributed by atoms with Crippen LogP contribution in [0.1, 0.15) is 29.8 Å². The number of amides is 2. The Balaban J connectivity index is 1.35. The molecule has 1 fully saturated rings. The molecule has 136 valence electrons. The lowest BCUT2D eigenvalue weighted by atomic mass is 10.1. The number of anilines is 1. The zero-order valence-corrected chi connectivity index (χ0v) is 15.1. The van der Waals surface area contributed by atoms with Gasteiger partial charge in [0.05, 0.1) is 5.92 Å². The summed E-state index contributed by atoms with van der Waals surface area (Å²) in [4.78, 5) is 30.9. The number of aryl methyl sites for hydroxylation is 3. The van der Waals surface area contributed by atoms with Crippen LogP contribution in [0.3, 0.4) is 0 Å². The Bertz CT molecular complexity index is 842. The van der Waals surface area contributed by atoms with Gasteiger partial charge < -0.3 is 14.8 Å². The van der Waals surface area contributed by atoms with Gasteiger partial charge in [-0.05, 0) is 42.5 Å². The minimum Gasteiger partial charge on any atom is -0.355 e. The van der Waals surface area contributed by atoms with Crippen LogP contribution < -0.4 is 10.2 Å². The van der Waals surface area contributed by atoms with Gasteiger partial charge in [-0.25, -0.2) is 4.98 Å². The van der Waals surface area contributed by atoms with Crippen LogP contribution in [-0.4, -0.2) is 34.5 Å². The van der Waals surface area contributed by atoms with Gasteiger partial charge in [-0.1, -0.05) is 6.07 Å². The first-order valence-corrected chi connectivity index (χ1v) is 9.28. The van der Waals surface area contributed by atoms with Gasteiger partial charge in [0.25, 0.3) is 0 Å². The molecule has 1 atom stereocenters. The second-order valence-corrected chi connectivity index (χ2v) is 7.21. The number of nitrogens with one attached hydrogen (secondary N) is 1. The van der Waals surface area contributed by atoms with Gasteiger partial charge in [0.1, 0.15) is 5.82 Å². The minimum absolute atomic E-state index is 0.0344. The Morgan fingerprint density at radius 1 is 1.31 bits per heavy atom. The Morgan fingerprint density at radius 3 is 2.96 bits per heavy atom. The molecule has 0 radical (unpaired) electrons. The van der Waals surface area contributed by atoms with Crippen molar-refractivity contribution in [1.82, 2.24) is 14.9 Å². The zero-order chi connectivity index (χ0) is 18.1. The van der Waals surface area contributed by atoms with Crippen molar-refractivity contribution in [3.63, 3.8) is 0 Å². The molecule has 2 heterocycles. The Labute approximate surface area is 153 Å². The van der Waals surface area contributed by atoms with Crippen molar-refractivity contribution in [3.8, 4) is 0 Å². The molecule has 26 heavy (non-hydrogen) atoms. The average molecular weight is 352 g/mol. The summed E-state index contributed by atoms with van der Waals surface area (Å²) in [6.07, 6.45) is 8.01. The van der Waals surface area contributed by atoms with Gasteiger partial charge in [-0.15, -0.1) is 0 Å². The van der Waals surface area contributed by atoms with Crippen molar-refractivity contribution in [2.45, 2.75) is 32.1 Å². The normalized spacial score (nSPS) is 19.0. The molecule has 1 aliphatic heterocycles. The molecule has 1 aromatic heterocycles. The summed E-state index contributed by atoms with van der Waals surface area (Å²) in [5.41, 5.74) is 3.67. The standard InChI is InChI=1S/C20H24N4O2/c1-23-10-9-21-18(23)7-8-22-20(26)16-12-19(25)24(13-16)17-6-5-14-3-2-4-15(14)11-17/h5-6,9-11,16H,2-4,7-8,12-13H2,1H3,(H,22,26). The van der Waals surface area contributed by atoms with E-state index in [9.17, 15) is 9.59 Å². The highest BCUT2D eigenvalue weighted by molar-refractivity contribution is 6.00. The third-order valence-electron chi connectivity index (χ3n) is 5.46. The number of hydrogen-bond acceptors (Lipinski definition) is 3. The molecule has 1 aromatic carbocycles. The van der Waals surface area contributed by atoms with E-state index in [2.05, 4.69) is 22.4 Å². The molecule has 1 aliphatic carbocycles. The van der Waals surface area contributed by atoms with Crippen molar-refractivity contribution in [2.24, 2.45) is 13.0 Å². The summed E-state index contributed by atoms with van der Waals surface area (Å²) in [6.45, 7) is 0.999. The van der Waals surface area contributed by atoms with Gasteiger partial charge in [0.2, 0.25) is 11.8 Å². The molecule has 1 unspecified atom stereocenters. The lowest BCUT2D eigenvalue weighted by Crippen LogP contribution is -2.34. The van der Waals surface area contributed by atoms with E-state index in [4.69, 9.17) is 0 Å². The van der Waals surface area contributed by atoms with Gasteiger partial charge >= 0.3 is 0 Å². The number of rotatable bonds is 5. The summed E-state index contributed by atoms with van der Waals surface area (Å²) in [5.74, 6) is 0.646. The van der Waals surface area contributed by atoms with E-state index in [0.29, 0.717) is 19.5 Å². The smallest absolute Gasteiger partial charge is 0.227 e. The number of nitrogens with zero attached hydrogens (tertiary/aromatic N) is 3. The Kier molecular flexibility index (Phi) is 4.49. The minimum atomic E-state index is -0.280. The summed E-state index contributed by atoms with van der Waals surface area (Å²) in [7, 11) is 1.94. The number of carbonyl (C=O) groups is 2. The van der Waals surface area contributed by atoms with Crippen molar-refractivity contribution in [1.29, 1.82) is 0 Å². The third-order valence-corrected chi connectivity index (χ3v) is 5.46. The molecule has 2 amide bonds. The molecular formula is C20H24N4O2. The predicted octanol–water partition coefficient (Wildman–Crippen LogP) is 1.62. The highest BCUT2D eigenvalue weighted by atomic mass is 16.2. The first-order chi connectivity index (χ1) is 12.6. The molecule has 4 rings (SSSR count). The van der Waals surface area contributed by atoms with Crippen LogP contribution in [0.5, 0.6) is 0 Å². The van der Waals surface area contributed by atoms with E-state index in [1.54, 1.807) is 11.1 Å². The number of fused-ring (bicyclic) bond motifs is 1. The van der Waals surface area contributed by atoms with Gasteiger partial charge in [0.15, 0.2) is 0 Å². The second-order valence-electron chi connectivity index (χ2n) is 7.21. The number of hydrogen-bond donors (Lipinski definition) is 1. The monoisotopic (exact) mass is 352 g/mol. The van der Waals surface area contributed by atoms with Crippen molar-refractivity contribution in [2.75, 3.05) is 18.0 Å². The molecule has 1 saturated heterocycles. The van der Waals surface area contributed by atoms with Gasteiger partial charge in [-0.3, -0.25) is 9.59 Å². The van der Waals surface area contributed by atoms with E-state index >= 15 is 0 Å². The van der Waals surface area contributed by atoms with Gasteiger partial charge in [0, 0.05) is 51.1 Å². The zero-order valence-electron chi connectivity index (χ0n) is 15.1. The topological polar surface area (TPSA) is 67.2 Å². The van der Waals surface area contributed by atoms with Crippen molar-refractivity contribution >= 4 is 17.5 Å². The molecule has 6 nitrogen and oxygen atoms in total. The van der Waals surface area contributed by atoms with Crippen LogP contribution >= 0.6 is 0 Å². The van der Waals surface area contributed by atoms with E-state index < -0.39 is 0 Å². The molecule has 0 spiro atoms. The van der Waals surface area contributed by atoms with Crippen molar-refractivity contribution < 1.29 is 9.59 Å². The lowest BCUT2D eigenvalue weighted by Gasteiger charge is -2.18. The summed E-state index contributed by atoms with van der Waals surface area (Å²) >= 11 is 0. The van der Waals surface area contributed by atoms with Crippen LogP contribution in [0.4, 0.5) is 5.69 Å². The predicted molar refractivity (Wildman–Crippen MR) is 98.8 cm³/mol. The van der Waals surface area contributed by atoms with E-state index in [0.717, 1.165) is 24.4 Å². The quantitative estimate of drug-likeness (QED) is 0.889. The highest BCUT2D eigenvalue weighted by Crippen LogP contribution is 2.30. The largest absolute Gasteiger partial charge is 0.355 e. The molecule has 1 N–H and O–H groups in total. The molecule has 6 heteroatoms. The van der Waals surface area contributed by atoms with Crippen LogP contribution in [0.15, 0.2) is 30.6 Å². The van der Waals surface area contributed by atoms with Gasteiger partial charge in [-0.2, -0.15) is 0 Å². The molecule has 2 aromatic rings. The first kappa shape index (κ1) is 16.8. The summed E-state index contributed by atoms with van der Waals surface area (Å²) in [5, 5.41) is 2.95. The van der Waals surface area contributed by atoms with Crippen molar-refractivity contribution in [3.05, 3.63) is 47.5 Å². The number of benzene rings is 1. The first-order valence-electron chi connectivity index (χ1n) is 9.28. The average Bonchev–Trinajstić information content (AvgIpc) is 3.34. The maximum Gasteiger partial charge on any atom is 0.227 e. The molecule has 0 bridgehead atoms. The maximum absolute atomic E-state index is 12.5. The fourth-order valence-electron chi connectivity index (χ4n) is 3.94. The van der Waals surface area contributed by atoms with Crippen LogP contribution in [0.25, 0.3) is 0 Å². The van der Waals surface area contributed by atoms with E-state index in [1.807, 2.05) is 23.9 Å². The summed E-state index contributed by atoms with van der Waals surface area (Å²) < 4.78 is 1.95. The second kappa shape index (κ2) is 6.94. The maximum atomic E-state index is 12.5. The fourth-order valence-corrected chi connectivity index (χ4v) is 3.94. The van der Waals surface area contributed by atoms with E-state index in [1.165, 1.54) is 17.5 Å². The van der Waals surface area contributed by atoms with Crippen LogP contribution in [0.2, 0.25) is 0 Å². The fraction of sp³-hybridized carbons (Fsp3) is 0.450. The lowest BCUT2D eigenvalue weighted by molar-refractivity contribution is -0.126. The number of imidazole rings is 1. The third kappa shape index (κ3) is 3.23.